The quantitative estimate of drug-likeness (QED) is 0.280. The molecule has 1 N–H and O–H groups in total. The van der Waals surface area contributed by atoms with Crippen molar-refractivity contribution in [1.82, 2.24) is 9.80 Å². The van der Waals surface area contributed by atoms with Crippen LogP contribution in [-0.4, -0.2) is 34.8 Å². The van der Waals surface area contributed by atoms with Crippen molar-refractivity contribution < 1.29 is 9.59 Å². The molecule has 36 heavy (non-hydrogen) atoms. The Bertz CT molecular complexity index is 1110. The summed E-state index contributed by atoms with van der Waals surface area (Å²) < 4.78 is 0. The molecule has 0 saturated carbocycles. The van der Waals surface area contributed by atoms with Gasteiger partial charge in [0.05, 0.1) is 6.54 Å². The lowest BCUT2D eigenvalue weighted by molar-refractivity contribution is -0.132. The summed E-state index contributed by atoms with van der Waals surface area (Å²) in [4.78, 5) is 31.5. The number of nitrogens with one attached hydrogen (secondary N) is 1. The van der Waals surface area contributed by atoms with Crippen LogP contribution >= 0.6 is 11.3 Å². The summed E-state index contributed by atoms with van der Waals surface area (Å²) in [7, 11) is 0. The monoisotopic (exact) mass is 503 g/mol. The molecule has 0 spiro atoms. The van der Waals surface area contributed by atoms with Gasteiger partial charge in [-0.25, -0.2) is 4.79 Å². The van der Waals surface area contributed by atoms with Crippen LogP contribution in [0.4, 0.5) is 10.5 Å². The summed E-state index contributed by atoms with van der Waals surface area (Å²) in [6, 6.07) is 19.8. The van der Waals surface area contributed by atoms with Gasteiger partial charge in [-0.05, 0) is 40.0 Å². The van der Waals surface area contributed by atoms with Crippen molar-refractivity contribution in [3.63, 3.8) is 0 Å². The van der Waals surface area contributed by atoms with E-state index in [1.54, 1.807) is 17.4 Å². The lowest BCUT2D eigenvalue weighted by atomic mass is 9.93. The Morgan fingerprint density at radius 2 is 1.56 bits per heavy atom. The van der Waals surface area contributed by atoms with E-state index >= 15 is 0 Å². The van der Waals surface area contributed by atoms with E-state index in [0.29, 0.717) is 13.1 Å². The highest BCUT2D eigenvalue weighted by molar-refractivity contribution is 7.09. The first-order valence-electron chi connectivity index (χ1n) is 12.4. The molecule has 0 saturated heterocycles. The molecule has 5 nitrogen and oxygen atoms in total. The highest BCUT2D eigenvalue weighted by atomic mass is 32.1. The Kier molecular flexibility index (Phi) is 9.88. The summed E-state index contributed by atoms with van der Waals surface area (Å²) in [5.74, 6) is 0.395. The molecule has 3 rings (SSSR count). The molecule has 190 valence electrons. The van der Waals surface area contributed by atoms with Crippen LogP contribution in [0.3, 0.4) is 0 Å². The van der Waals surface area contributed by atoms with Crippen molar-refractivity contribution in [2.75, 3.05) is 18.4 Å². The fraction of sp³-hybridized carbons (Fsp3) is 0.333. The maximum Gasteiger partial charge on any atom is 0.322 e. The molecule has 6 heteroatoms. The third-order valence-electron chi connectivity index (χ3n) is 6.06. The second kappa shape index (κ2) is 13.1. The zero-order valence-corrected chi connectivity index (χ0v) is 22.6. The van der Waals surface area contributed by atoms with Gasteiger partial charge in [0.1, 0.15) is 6.54 Å². The van der Waals surface area contributed by atoms with E-state index in [4.69, 9.17) is 0 Å². The van der Waals surface area contributed by atoms with Gasteiger partial charge in [-0.1, -0.05) is 88.4 Å². The van der Waals surface area contributed by atoms with E-state index < -0.39 is 0 Å². The van der Waals surface area contributed by atoms with Crippen molar-refractivity contribution in [3.05, 3.63) is 100 Å². The van der Waals surface area contributed by atoms with Crippen molar-refractivity contribution in [2.24, 2.45) is 0 Å². The molecule has 2 aromatic carbocycles. The topological polar surface area (TPSA) is 52.7 Å². The highest BCUT2D eigenvalue weighted by Gasteiger charge is 2.23. The summed E-state index contributed by atoms with van der Waals surface area (Å²) in [5.41, 5.74) is 4.06. The predicted octanol–water partition coefficient (Wildman–Crippen LogP) is 7.24. The second-order valence-electron chi connectivity index (χ2n) is 9.53. The average molecular weight is 504 g/mol. The van der Waals surface area contributed by atoms with Crippen molar-refractivity contribution in [3.8, 4) is 0 Å². The van der Waals surface area contributed by atoms with E-state index in [9.17, 15) is 9.59 Å². The highest BCUT2D eigenvalue weighted by Crippen LogP contribution is 2.32. The molecule has 0 atom stereocenters. The molecule has 0 aliphatic heterocycles. The van der Waals surface area contributed by atoms with E-state index in [1.807, 2.05) is 58.8 Å². The molecule has 3 aromatic rings. The smallest absolute Gasteiger partial charge is 0.322 e. The molecule has 0 bridgehead atoms. The molecular weight excluding hydrogens is 466 g/mol. The van der Waals surface area contributed by atoms with Crippen LogP contribution < -0.4 is 5.32 Å². The normalized spacial score (nSPS) is 10.9. The number of nitrogens with zero attached hydrogens (tertiary/aromatic N) is 2. The molecule has 1 aromatic heterocycles. The number of hydrogen-bond donors (Lipinski definition) is 1. The fourth-order valence-electron chi connectivity index (χ4n) is 4.15. The van der Waals surface area contributed by atoms with Crippen LogP contribution in [0.25, 0.3) is 0 Å². The van der Waals surface area contributed by atoms with E-state index in [0.717, 1.165) is 27.3 Å². The summed E-state index contributed by atoms with van der Waals surface area (Å²) in [6.45, 7) is 13.5. The lowest BCUT2D eigenvalue weighted by Crippen LogP contribution is -2.44. The maximum atomic E-state index is 13.5. The molecule has 1 heterocycles. The van der Waals surface area contributed by atoms with Gasteiger partial charge >= 0.3 is 6.03 Å². The number of anilines is 1. The van der Waals surface area contributed by atoms with Crippen LogP contribution in [0.1, 0.15) is 61.1 Å². The third kappa shape index (κ3) is 7.31. The number of carbonyl (C=O) groups is 2. The minimum atomic E-state index is -0.297. The standard InChI is InChI=1S/C30H37N3O2S/c1-6-17-32(30(35)31-29-26(22(2)3)15-10-16-27(29)23(4)5)21-28(34)33(20-25-14-11-18-36-25)19-24-12-8-7-9-13-24/h6-16,18,22-23H,1,17,19-21H2,2-5H3,(H,31,35). The van der Waals surface area contributed by atoms with Crippen molar-refractivity contribution >= 4 is 29.0 Å². The number of amides is 3. The largest absolute Gasteiger partial charge is 0.332 e. The Labute approximate surface area is 219 Å². The maximum absolute atomic E-state index is 13.5. The van der Waals surface area contributed by atoms with Crippen LogP contribution in [0.5, 0.6) is 0 Å². The number of rotatable bonds is 11. The number of urea groups is 1. The first kappa shape index (κ1) is 27.2. The van der Waals surface area contributed by atoms with Gasteiger partial charge < -0.3 is 15.1 Å². The average Bonchev–Trinajstić information content (AvgIpc) is 3.37. The number of para-hydroxylation sites is 1. The van der Waals surface area contributed by atoms with Crippen LogP contribution in [-0.2, 0) is 17.9 Å². The first-order valence-corrected chi connectivity index (χ1v) is 13.3. The summed E-state index contributed by atoms with van der Waals surface area (Å²) >= 11 is 1.62. The minimum absolute atomic E-state index is 0.0308. The fourth-order valence-corrected chi connectivity index (χ4v) is 4.87. The second-order valence-corrected chi connectivity index (χ2v) is 10.6. The van der Waals surface area contributed by atoms with Gasteiger partial charge in [-0.15, -0.1) is 17.9 Å². The van der Waals surface area contributed by atoms with Crippen molar-refractivity contribution in [1.29, 1.82) is 0 Å². The number of thiophene rings is 1. The van der Waals surface area contributed by atoms with Gasteiger partial charge in [0.25, 0.3) is 0 Å². The first-order chi connectivity index (χ1) is 17.3. The van der Waals surface area contributed by atoms with Gasteiger partial charge in [-0.3, -0.25) is 4.79 Å². The van der Waals surface area contributed by atoms with Gasteiger partial charge in [0, 0.05) is 23.7 Å². The van der Waals surface area contributed by atoms with Gasteiger partial charge in [0.15, 0.2) is 0 Å². The Morgan fingerprint density at radius 1 is 0.889 bits per heavy atom. The number of benzene rings is 2. The zero-order valence-electron chi connectivity index (χ0n) is 21.7. The SMILES string of the molecule is C=CCN(CC(=O)N(Cc1ccccc1)Cc1cccs1)C(=O)Nc1c(C(C)C)cccc1C(C)C. The van der Waals surface area contributed by atoms with Crippen LogP contribution in [0.2, 0.25) is 0 Å². The predicted molar refractivity (Wildman–Crippen MR) is 150 cm³/mol. The van der Waals surface area contributed by atoms with Crippen molar-refractivity contribution in [2.45, 2.75) is 52.6 Å². The number of hydrogen-bond acceptors (Lipinski definition) is 3. The van der Waals surface area contributed by atoms with E-state index in [2.05, 4.69) is 51.7 Å². The Morgan fingerprint density at radius 3 is 2.11 bits per heavy atom. The molecule has 3 amide bonds. The summed E-state index contributed by atoms with van der Waals surface area (Å²) in [6.07, 6.45) is 1.66. The van der Waals surface area contributed by atoms with Crippen LogP contribution in [0, 0.1) is 0 Å². The third-order valence-corrected chi connectivity index (χ3v) is 6.92. The molecule has 0 radical (unpaired) electrons. The Balaban J connectivity index is 1.82. The summed E-state index contributed by atoms with van der Waals surface area (Å²) in [5, 5.41) is 5.15. The number of carbonyl (C=O) groups excluding carboxylic acids is 2. The molecule has 0 fully saturated rings. The zero-order chi connectivity index (χ0) is 26.1. The molecular formula is C30H37N3O2S. The molecule has 0 aliphatic carbocycles. The lowest BCUT2D eigenvalue weighted by Gasteiger charge is -2.28. The Hall–Kier alpha value is -3.38. The van der Waals surface area contributed by atoms with Gasteiger partial charge in [-0.2, -0.15) is 0 Å². The van der Waals surface area contributed by atoms with E-state index in [1.165, 1.54) is 4.90 Å². The van der Waals surface area contributed by atoms with Gasteiger partial charge in [0.2, 0.25) is 5.91 Å². The minimum Gasteiger partial charge on any atom is -0.332 e. The molecule has 0 aliphatic rings. The van der Waals surface area contributed by atoms with Crippen LogP contribution in [0.15, 0.2) is 78.7 Å². The molecule has 0 unspecified atom stereocenters. The van der Waals surface area contributed by atoms with E-state index in [-0.39, 0.29) is 36.9 Å².